The Morgan fingerprint density at radius 2 is 1.97 bits per heavy atom. The van der Waals surface area contributed by atoms with Crippen LogP contribution in [0.25, 0.3) is 22.6 Å². The summed E-state index contributed by atoms with van der Waals surface area (Å²) in [4.78, 5) is 22.8. The van der Waals surface area contributed by atoms with E-state index >= 15 is 0 Å². The molecule has 166 valence electrons. The number of aryl methyl sites for hydroxylation is 3. The van der Waals surface area contributed by atoms with Gasteiger partial charge in [0.25, 0.3) is 0 Å². The van der Waals surface area contributed by atoms with E-state index in [4.69, 9.17) is 4.98 Å². The summed E-state index contributed by atoms with van der Waals surface area (Å²) >= 11 is 0. The lowest BCUT2D eigenvalue weighted by molar-refractivity contribution is 0.440. The van der Waals surface area contributed by atoms with Gasteiger partial charge in [-0.15, -0.1) is 0 Å². The fourth-order valence-electron chi connectivity index (χ4n) is 4.63. The van der Waals surface area contributed by atoms with Crippen LogP contribution in [0.3, 0.4) is 0 Å². The van der Waals surface area contributed by atoms with Crippen molar-refractivity contribution in [1.29, 1.82) is 0 Å². The Morgan fingerprint density at radius 3 is 2.69 bits per heavy atom. The summed E-state index contributed by atoms with van der Waals surface area (Å²) in [7, 11) is 0. The monoisotopic (exact) mass is 431 g/mol. The van der Waals surface area contributed by atoms with Gasteiger partial charge in [0.05, 0.1) is 11.3 Å². The summed E-state index contributed by atoms with van der Waals surface area (Å²) in [6, 6.07) is 0. The van der Waals surface area contributed by atoms with Crippen LogP contribution < -0.4 is 5.32 Å². The van der Waals surface area contributed by atoms with E-state index in [1.54, 1.807) is 6.33 Å². The topological polar surface area (TPSA) is 110 Å². The number of aromatic amines is 1. The van der Waals surface area contributed by atoms with E-state index in [0.29, 0.717) is 5.92 Å². The van der Waals surface area contributed by atoms with Crippen molar-refractivity contribution in [3.05, 3.63) is 41.5 Å². The molecule has 0 saturated heterocycles. The van der Waals surface area contributed by atoms with Crippen LogP contribution in [0.15, 0.2) is 18.7 Å². The number of hydrogen-bond donors (Lipinski definition) is 2. The lowest BCUT2D eigenvalue weighted by atomic mass is 9.80. The van der Waals surface area contributed by atoms with Crippen molar-refractivity contribution >= 4 is 17.0 Å². The van der Waals surface area contributed by atoms with Crippen molar-refractivity contribution in [2.75, 3.05) is 5.32 Å². The third-order valence-electron chi connectivity index (χ3n) is 6.33. The molecule has 1 atom stereocenters. The molecule has 0 aliphatic heterocycles. The van der Waals surface area contributed by atoms with Gasteiger partial charge >= 0.3 is 0 Å². The van der Waals surface area contributed by atoms with Gasteiger partial charge in [-0.25, -0.2) is 24.9 Å². The first-order chi connectivity index (χ1) is 15.4. The first kappa shape index (κ1) is 20.5. The van der Waals surface area contributed by atoms with Gasteiger partial charge in [0, 0.05) is 30.2 Å². The van der Waals surface area contributed by atoms with Crippen molar-refractivity contribution in [2.24, 2.45) is 0 Å². The fraction of sp³-hybridized carbons (Fsp3) is 0.478. The Morgan fingerprint density at radius 1 is 1.19 bits per heavy atom. The number of H-pyrrole nitrogens is 1. The van der Waals surface area contributed by atoms with E-state index in [2.05, 4.69) is 67.7 Å². The van der Waals surface area contributed by atoms with Crippen molar-refractivity contribution in [3.8, 4) is 11.4 Å². The van der Waals surface area contributed by atoms with Gasteiger partial charge in [0.2, 0.25) is 0 Å². The number of rotatable bonds is 5. The highest BCUT2D eigenvalue weighted by atomic mass is 15.2. The average molecular weight is 432 g/mol. The summed E-state index contributed by atoms with van der Waals surface area (Å²) in [6.45, 7) is 11.3. The second kappa shape index (κ2) is 7.65. The molecule has 2 N–H and O–H groups in total. The average Bonchev–Trinajstić information content (AvgIpc) is 3.35. The molecule has 4 aromatic heterocycles. The number of anilines is 1. The number of nitrogens with one attached hydrogen (secondary N) is 2. The summed E-state index contributed by atoms with van der Waals surface area (Å²) in [6.07, 6.45) is 8.08. The number of fused-ring (bicyclic) bond motifs is 2. The van der Waals surface area contributed by atoms with Gasteiger partial charge in [0.15, 0.2) is 17.0 Å². The summed E-state index contributed by atoms with van der Waals surface area (Å²) < 4.78 is 2.09. The zero-order valence-corrected chi connectivity index (χ0v) is 19.3. The smallest absolute Gasteiger partial charge is 0.165 e. The normalized spacial score (nSPS) is 18.3. The molecule has 0 saturated carbocycles. The quantitative estimate of drug-likeness (QED) is 0.494. The molecule has 1 aliphatic rings. The maximum atomic E-state index is 4.94. The van der Waals surface area contributed by atoms with Crippen molar-refractivity contribution in [2.45, 2.75) is 71.9 Å². The van der Waals surface area contributed by atoms with E-state index in [1.807, 2.05) is 19.3 Å². The summed E-state index contributed by atoms with van der Waals surface area (Å²) in [5, 5.41) is 11.6. The Balaban J connectivity index is 1.54. The van der Waals surface area contributed by atoms with Crippen LogP contribution in [0, 0.1) is 6.92 Å². The minimum absolute atomic E-state index is 0.148. The molecule has 0 aromatic carbocycles. The van der Waals surface area contributed by atoms with Crippen LogP contribution in [0.5, 0.6) is 0 Å². The first-order valence-corrected chi connectivity index (χ1v) is 11.2. The van der Waals surface area contributed by atoms with Crippen LogP contribution in [0.2, 0.25) is 0 Å². The molecule has 32 heavy (non-hydrogen) atoms. The standard InChI is InChI=1S/C23H29N9/c1-6-32-21(15-10-24-14(4)25-11-15)28-19-20(26-12-27-22(19)32)29-23(5)8-7-17-16(9-23)18(13(2)3)31-30-17/h10-13H,6-9H2,1-5H3,(H,30,31)(H,26,27,29)/t23-/m0/s1. The lowest BCUT2D eigenvalue weighted by Crippen LogP contribution is -2.41. The molecule has 5 rings (SSSR count). The third-order valence-corrected chi connectivity index (χ3v) is 6.33. The predicted octanol–water partition coefficient (Wildman–Crippen LogP) is 3.82. The van der Waals surface area contributed by atoms with Gasteiger partial charge in [-0.05, 0) is 51.5 Å². The van der Waals surface area contributed by atoms with Gasteiger partial charge in [-0.2, -0.15) is 5.10 Å². The van der Waals surface area contributed by atoms with E-state index < -0.39 is 0 Å². The molecule has 4 aromatic rings. The highest BCUT2D eigenvalue weighted by molar-refractivity contribution is 5.86. The van der Waals surface area contributed by atoms with E-state index in [-0.39, 0.29) is 5.54 Å². The lowest BCUT2D eigenvalue weighted by Gasteiger charge is -2.35. The number of imidazole rings is 1. The van der Waals surface area contributed by atoms with Gasteiger partial charge in [-0.3, -0.25) is 5.10 Å². The number of hydrogen-bond acceptors (Lipinski definition) is 7. The largest absolute Gasteiger partial charge is 0.363 e. The molecule has 0 bridgehead atoms. The molecule has 0 radical (unpaired) electrons. The molecule has 0 fully saturated rings. The second-order valence-electron chi connectivity index (χ2n) is 9.18. The van der Waals surface area contributed by atoms with E-state index in [0.717, 1.165) is 65.7 Å². The number of aromatic nitrogens is 8. The van der Waals surface area contributed by atoms with Crippen LogP contribution >= 0.6 is 0 Å². The molecule has 1 aliphatic carbocycles. The third kappa shape index (κ3) is 3.41. The minimum Gasteiger partial charge on any atom is -0.363 e. The van der Waals surface area contributed by atoms with Crippen molar-refractivity contribution in [1.82, 2.24) is 39.7 Å². The Hall–Kier alpha value is -3.36. The molecule has 0 unspecified atom stereocenters. The van der Waals surface area contributed by atoms with Crippen LogP contribution in [-0.2, 0) is 19.4 Å². The van der Waals surface area contributed by atoms with Crippen LogP contribution in [0.4, 0.5) is 5.82 Å². The predicted molar refractivity (Wildman–Crippen MR) is 123 cm³/mol. The maximum Gasteiger partial charge on any atom is 0.165 e. The Kier molecular flexibility index (Phi) is 4.91. The number of nitrogens with zero attached hydrogens (tertiary/aromatic N) is 7. The SMILES string of the molecule is CCn1c(-c2cnc(C)nc2)nc2c(N[C@@]3(C)CCc4[nH]nc(C(C)C)c4C3)ncnc21. The van der Waals surface area contributed by atoms with E-state index in [9.17, 15) is 0 Å². The minimum atomic E-state index is -0.148. The van der Waals surface area contributed by atoms with Crippen molar-refractivity contribution < 1.29 is 0 Å². The van der Waals surface area contributed by atoms with Crippen LogP contribution in [0.1, 0.15) is 62.8 Å². The molecule has 0 spiro atoms. The second-order valence-corrected chi connectivity index (χ2v) is 9.18. The van der Waals surface area contributed by atoms with Gasteiger partial charge < -0.3 is 9.88 Å². The summed E-state index contributed by atoms with van der Waals surface area (Å²) in [5.41, 5.74) is 6.07. The molecular weight excluding hydrogens is 402 g/mol. The fourth-order valence-corrected chi connectivity index (χ4v) is 4.63. The Labute approximate surface area is 187 Å². The maximum absolute atomic E-state index is 4.94. The van der Waals surface area contributed by atoms with Gasteiger partial charge in [0.1, 0.15) is 18.0 Å². The highest BCUT2D eigenvalue weighted by Crippen LogP contribution is 2.35. The zero-order valence-electron chi connectivity index (χ0n) is 19.3. The van der Waals surface area contributed by atoms with Crippen molar-refractivity contribution in [3.63, 3.8) is 0 Å². The molecule has 4 heterocycles. The molecule has 0 amide bonds. The highest BCUT2D eigenvalue weighted by Gasteiger charge is 2.34. The van der Waals surface area contributed by atoms with E-state index in [1.165, 1.54) is 11.3 Å². The van der Waals surface area contributed by atoms with Gasteiger partial charge in [-0.1, -0.05) is 13.8 Å². The summed E-state index contributed by atoms with van der Waals surface area (Å²) in [5.74, 6) is 2.69. The zero-order chi connectivity index (χ0) is 22.5. The molecular formula is C23H29N9. The molecule has 9 heteroatoms. The first-order valence-electron chi connectivity index (χ1n) is 11.2. The van der Waals surface area contributed by atoms with Crippen LogP contribution in [-0.4, -0.2) is 45.2 Å². The Bertz CT molecular complexity index is 1270. The molecule has 9 nitrogen and oxygen atoms in total.